The van der Waals surface area contributed by atoms with Gasteiger partial charge in [0.1, 0.15) is 12.3 Å². The van der Waals surface area contributed by atoms with Crippen LogP contribution in [0, 0.1) is 0 Å². The molecule has 0 aromatic heterocycles. The van der Waals surface area contributed by atoms with Gasteiger partial charge in [-0.25, -0.2) is 0 Å². The smallest absolute Gasteiger partial charge is 0.294 e. The van der Waals surface area contributed by atoms with Crippen molar-refractivity contribution in [2.75, 3.05) is 26.1 Å². The maximum absolute atomic E-state index is 12.6. The molecule has 1 heterocycles. The van der Waals surface area contributed by atoms with Gasteiger partial charge in [-0.05, 0) is 47.7 Å². The molecule has 0 bridgehead atoms. The Morgan fingerprint density at radius 2 is 1.97 bits per heavy atom. The van der Waals surface area contributed by atoms with Gasteiger partial charge in [0.15, 0.2) is 11.5 Å². The number of amides is 3. The minimum absolute atomic E-state index is 0.0352. The molecule has 0 aliphatic carbocycles. The van der Waals surface area contributed by atoms with Crippen LogP contribution in [0.2, 0.25) is 0 Å². The van der Waals surface area contributed by atoms with Crippen LogP contribution in [0.15, 0.2) is 47.4 Å². The number of hydrogen-bond acceptors (Lipinski definition) is 7. The number of rotatable bonds is 6. The predicted molar refractivity (Wildman–Crippen MR) is 109 cm³/mol. The number of carbonyl (C=O) groups excluding carboxylic acids is 3. The minimum Gasteiger partial charge on any atom is -0.504 e. The zero-order valence-corrected chi connectivity index (χ0v) is 16.5. The lowest BCUT2D eigenvalue weighted by Gasteiger charge is -2.12. The Hall–Kier alpha value is -3.46. The fourth-order valence-corrected chi connectivity index (χ4v) is 3.45. The molecule has 2 aromatic rings. The van der Waals surface area contributed by atoms with E-state index in [1.165, 1.54) is 26.4 Å². The van der Waals surface area contributed by atoms with Crippen molar-refractivity contribution >= 4 is 40.6 Å². The first-order valence-electron chi connectivity index (χ1n) is 8.47. The first-order chi connectivity index (χ1) is 13.9. The normalized spacial score (nSPS) is 15.0. The summed E-state index contributed by atoms with van der Waals surface area (Å²) < 4.78 is 10.1. The Labute approximate surface area is 171 Å². The van der Waals surface area contributed by atoms with E-state index in [-0.39, 0.29) is 16.4 Å². The Kier molecular flexibility index (Phi) is 6.08. The number of benzene rings is 2. The van der Waals surface area contributed by atoms with Gasteiger partial charge in [0.25, 0.3) is 11.1 Å². The van der Waals surface area contributed by atoms with Crippen molar-refractivity contribution in [3.8, 4) is 17.2 Å². The molecule has 0 unspecified atom stereocenters. The van der Waals surface area contributed by atoms with Crippen LogP contribution in [0.4, 0.5) is 10.5 Å². The van der Waals surface area contributed by atoms with Crippen molar-refractivity contribution in [1.29, 1.82) is 0 Å². The van der Waals surface area contributed by atoms with E-state index in [0.29, 0.717) is 17.0 Å². The third-order valence-corrected chi connectivity index (χ3v) is 4.94. The van der Waals surface area contributed by atoms with E-state index in [0.717, 1.165) is 16.7 Å². The van der Waals surface area contributed by atoms with Gasteiger partial charge in [-0.2, -0.15) is 0 Å². The van der Waals surface area contributed by atoms with Crippen LogP contribution in [0.5, 0.6) is 17.2 Å². The van der Waals surface area contributed by atoms with Crippen molar-refractivity contribution in [2.45, 2.75) is 0 Å². The van der Waals surface area contributed by atoms with E-state index in [1.54, 1.807) is 36.4 Å². The molecule has 2 aromatic carbocycles. The Morgan fingerprint density at radius 3 is 2.69 bits per heavy atom. The highest BCUT2D eigenvalue weighted by Gasteiger charge is 2.36. The lowest BCUT2D eigenvalue weighted by molar-refractivity contribution is -0.127. The van der Waals surface area contributed by atoms with Crippen LogP contribution in [-0.2, 0) is 9.59 Å². The highest BCUT2D eigenvalue weighted by molar-refractivity contribution is 8.18. The van der Waals surface area contributed by atoms with Gasteiger partial charge in [-0.15, -0.1) is 0 Å². The second-order valence-corrected chi connectivity index (χ2v) is 6.97. The van der Waals surface area contributed by atoms with Crippen LogP contribution >= 0.6 is 11.8 Å². The highest BCUT2D eigenvalue weighted by Crippen LogP contribution is 2.34. The average Bonchev–Trinajstić information content (AvgIpc) is 2.96. The lowest BCUT2D eigenvalue weighted by atomic mass is 10.2. The molecule has 0 atom stereocenters. The third-order valence-electron chi connectivity index (χ3n) is 4.03. The molecule has 3 amide bonds. The summed E-state index contributed by atoms with van der Waals surface area (Å²) in [7, 11) is 2.92. The Balaban J connectivity index is 1.70. The topological polar surface area (TPSA) is 105 Å². The first kappa shape index (κ1) is 20.3. The second kappa shape index (κ2) is 8.70. The molecule has 9 heteroatoms. The zero-order valence-electron chi connectivity index (χ0n) is 15.7. The number of phenols is 1. The van der Waals surface area contributed by atoms with E-state index < -0.39 is 23.6 Å². The third kappa shape index (κ3) is 4.69. The molecule has 0 radical (unpaired) electrons. The predicted octanol–water partition coefficient (Wildman–Crippen LogP) is 3.08. The molecule has 1 saturated heterocycles. The van der Waals surface area contributed by atoms with Gasteiger partial charge in [0.05, 0.1) is 19.1 Å². The van der Waals surface area contributed by atoms with Crippen LogP contribution in [0.25, 0.3) is 6.08 Å². The van der Waals surface area contributed by atoms with Crippen LogP contribution in [-0.4, -0.2) is 47.8 Å². The number of ether oxygens (including phenoxy) is 2. The first-order valence-corrected chi connectivity index (χ1v) is 9.29. The largest absolute Gasteiger partial charge is 0.504 e. The fourth-order valence-electron chi connectivity index (χ4n) is 2.62. The number of anilines is 1. The van der Waals surface area contributed by atoms with Gasteiger partial charge >= 0.3 is 0 Å². The van der Waals surface area contributed by atoms with Gasteiger partial charge in [-0.3, -0.25) is 19.3 Å². The van der Waals surface area contributed by atoms with E-state index >= 15 is 0 Å². The number of hydrogen-bond donors (Lipinski definition) is 2. The number of thioether (sulfide) groups is 1. The molecule has 8 nitrogen and oxygen atoms in total. The van der Waals surface area contributed by atoms with Gasteiger partial charge in [0, 0.05) is 11.8 Å². The van der Waals surface area contributed by atoms with Crippen molar-refractivity contribution in [3.63, 3.8) is 0 Å². The van der Waals surface area contributed by atoms with Crippen molar-refractivity contribution < 1.29 is 29.0 Å². The van der Waals surface area contributed by atoms with E-state index in [9.17, 15) is 19.5 Å². The number of nitrogens with one attached hydrogen (secondary N) is 1. The molecule has 150 valence electrons. The summed E-state index contributed by atoms with van der Waals surface area (Å²) in [6.07, 6.45) is 1.51. The highest BCUT2D eigenvalue weighted by atomic mass is 32.2. The number of imide groups is 1. The Bertz CT molecular complexity index is 1000. The number of nitrogens with zero attached hydrogens (tertiary/aromatic N) is 1. The summed E-state index contributed by atoms with van der Waals surface area (Å²) in [5.41, 5.74) is 1.07. The zero-order chi connectivity index (χ0) is 21.0. The molecule has 0 saturated carbocycles. The molecule has 1 aliphatic heterocycles. The summed E-state index contributed by atoms with van der Waals surface area (Å²) in [6.45, 7) is -0.405. The van der Waals surface area contributed by atoms with Crippen LogP contribution < -0.4 is 14.8 Å². The van der Waals surface area contributed by atoms with Gasteiger partial charge in [0.2, 0.25) is 5.91 Å². The summed E-state index contributed by atoms with van der Waals surface area (Å²) in [5, 5.41) is 11.8. The average molecular weight is 414 g/mol. The molecule has 3 rings (SSSR count). The quantitative estimate of drug-likeness (QED) is 0.700. The second-order valence-electron chi connectivity index (χ2n) is 5.98. The standard InChI is InChI=1S/C20H18N2O6S/c1-27-14-5-3-4-13(10-14)21-18(24)11-22-19(25)17(29-20(22)26)9-12-6-7-15(23)16(8-12)28-2/h3-10,23H,11H2,1-2H3,(H,21,24)/b17-9-. The van der Waals surface area contributed by atoms with Gasteiger partial charge < -0.3 is 19.9 Å². The number of aromatic hydroxyl groups is 1. The molecule has 0 spiro atoms. The maximum atomic E-state index is 12.6. The summed E-state index contributed by atoms with van der Waals surface area (Å²) >= 11 is 0.744. The van der Waals surface area contributed by atoms with Gasteiger partial charge in [-0.1, -0.05) is 12.1 Å². The summed E-state index contributed by atoms with van der Waals surface area (Å²) in [5.74, 6) is -0.287. The SMILES string of the molecule is COc1cccc(NC(=O)CN2C(=O)S/C(=C\c3ccc(O)c(OC)c3)C2=O)c1. The summed E-state index contributed by atoms with van der Waals surface area (Å²) in [4.78, 5) is 38.1. The van der Waals surface area contributed by atoms with Crippen molar-refractivity contribution in [2.24, 2.45) is 0 Å². The van der Waals surface area contributed by atoms with Crippen LogP contribution in [0.1, 0.15) is 5.56 Å². The molecule has 29 heavy (non-hydrogen) atoms. The molecule has 1 aliphatic rings. The maximum Gasteiger partial charge on any atom is 0.294 e. The van der Waals surface area contributed by atoms with E-state index in [4.69, 9.17) is 9.47 Å². The molecule has 1 fully saturated rings. The lowest BCUT2D eigenvalue weighted by Crippen LogP contribution is -2.36. The number of carbonyl (C=O) groups is 3. The van der Waals surface area contributed by atoms with E-state index in [2.05, 4.69) is 5.32 Å². The molecule has 2 N–H and O–H groups in total. The minimum atomic E-state index is -0.562. The molecular weight excluding hydrogens is 396 g/mol. The van der Waals surface area contributed by atoms with Crippen LogP contribution in [0.3, 0.4) is 0 Å². The Morgan fingerprint density at radius 1 is 1.17 bits per heavy atom. The monoisotopic (exact) mass is 414 g/mol. The number of phenolic OH excluding ortho intramolecular Hbond substituents is 1. The van der Waals surface area contributed by atoms with Crippen molar-refractivity contribution in [3.05, 3.63) is 52.9 Å². The summed E-state index contributed by atoms with van der Waals surface area (Å²) in [6, 6.07) is 11.3. The number of methoxy groups -OCH3 is 2. The van der Waals surface area contributed by atoms with Crippen molar-refractivity contribution in [1.82, 2.24) is 4.90 Å². The van der Waals surface area contributed by atoms with E-state index in [1.807, 2.05) is 0 Å². The fraction of sp³-hybridized carbons (Fsp3) is 0.150. The molecular formula is C20H18N2O6S.